The Labute approximate surface area is 142 Å². The van der Waals surface area contributed by atoms with Crippen LogP contribution in [0.3, 0.4) is 0 Å². The monoisotopic (exact) mass is 322 g/mol. The highest BCUT2D eigenvalue weighted by atomic mass is 16.3. The second kappa shape index (κ2) is 7.27. The molecule has 0 saturated heterocycles. The molecule has 24 heavy (non-hydrogen) atoms. The van der Waals surface area contributed by atoms with Gasteiger partial charge in [0.05, 0.1) is 13.2 Å². The molecule has 0 spiro atoms. The van der Waals surface area contributed by atoms with E-state index in [1.165, 1.54) is 11.1 Å². The highest BCUT2D eigenvalue weighted by Crippen LogP contribution is 2.14. The summed E-state index contributed by atoms with van der Waals surface area (Å²) in [7, 11) is 0. The average Bonchev–Trinajstić information content (AvgIpc) is 2.91. The number of hydrogen-bond acceptors (Lipinski definition) is 4. The van der Waals surface area contributed by atoms with Gasteiger partial charge < -0.3 is 10.4 Å². The van der Waals surface area contributed by atoms with Crippen molar-refractivity contribution in [3.8, 4) is 0 Å². The fourth-order valence-corrected chi connectivity index (χ4v) is 2.63. The second-order valence-electron chi connectivity index (χ2n) is 5.89. The van der Waals surface area contributed by atoms with Crippen LogP contribution in [-0.2, 0) is 19.7 Å². The number of aryl methyl sites for hydroxylation is 2. The van der Waals surface area contributed by atoms with Gasteiger partial charge in [-0.2, -0.15) is 5.10 Å². The minimum atomic E-state index is 0.0803. The van der Waals surface area contributed by atoms with Crippen molar-refractivity contribution in [3.05, 3.63) is 76.9 Å². The van der Waals surface area contributed by atoms with E-state index in [-0.39, 0.29) is 6.61 Å². The van der Waals surface area contributed by atoms with Crippen LogP contribution in [-0.4, -0.2) is 19.9 Å². The van der Waals surface area contributed by atoms with Crippen molar-refractivity contribution in [3.63, 3.8) is 0 Å². The number of aliphatic hydroxyl groups excluding tert-OH is 1. The topological polar surface area (TPSA) is 63.0 Å². The fourth-order valence-electron chi connectivity index (χ4n) is 2.63. The minimum Gasteiger partial charge on any atom is -0.392 e. The van der Waals surface area contributed by atoms with Gasteiger partial charge in [-0.25, -0.2) is 9.67 Å². The molecule has 3 rings (SSSR count). The first-order chi connectivity index (χ1) is 11.6. The van der Waals surface area contributed by atoms with Crippen LogP contribution >= 0.6 is 0 Å². The Balaban J connectivity index is 1.65. The lowest BCUT2D eigenvalue weighted by atomic mass is 10.1. The summed E-state index contributed by atoms with van der Waals surface area (Å²) in [5.74, 6) is 1.72. The molecule has 124 valence electrons. The van der Waals surface area contributed by atoms with Gasteiger partial charge in [0.2, 0.25) is 0 Å². The third-order valence-corrected chi connectivity index (χ3v) is 3.92. The smallest absolute Gasteiger partial charge is 0.147 e. The van der Waals surface area contributed by atoms with Gasteiger partial charge in [-0.1, -0.05) is 36.4 Å². The molecule has 2 N–H and O–H groups in total. The lowest BCUT2D eigenvalue weighted by Crippen LogP contribution is -2.05. The molecule has 5 nitrogen and oxygen atoms in total. The molecule has 0 radical (unpaired) electrons. The van der Waals surface area contributed by atoms with Crippen LogP contribution in [0.5, 0.6) is 0 Å². The summed E-state index contributed by atoms with van der Waals surface area (Å²) in [6.45, 7) is 5.42. The zero-order valence-corrected chi connectivity index (χ0v) is 14.0. The third-order valence-electron chi connectivity index (χ3n) is 3.92. The fraction of sp³-hybridized carbons (Fsp3) is 0.263. The van der Waals surface area contributed by atoms with Crippen molar-refractivity contribution >= 4 is 5.69 Å². The molecule has 0 bridgehead atoms. The molecule has 0 aliphatic heterocycles. The summed E-state index contributed by atoms with van der Waals surface area (Å²) in [4.78, 5) is 4.34. The number of benzene rings is 2. The van der Waals surface area contributed by atoms with E-state index in [2.05, 4.69) is 33.6 Å². The normalized spacial score (nSPS) is 10.8. The molecule has 0 aliphatic carbocycles. The molecule has 0 aliphatic rings. The molecule has 0 saturated carbocycles. The van der Waals surface area contributed by atoms with Crippen LogP contribution in [0.25, 0.3) is 0 Å². The molecular formula is C19H22N4O. The summed E-state index contributed by atoms with van der Waals surface area (Å²) < 4.78 is 1.92. The number of hydrogen-bond donors (Lipinski definition) is 2. The number of anilines is 1. The van der Waals surface area contributed by atoms with E-state index in [4.69, 9.17) is 5.11 Å². The van der Waals surface area contributed by atoms with Crippen molar-refractivity contribution in [1.82, 2.24) is 14.8 Å². The number of rotatable bonds is 6. The number of nitrogens with one attached hydrogen (secondary N) is 1. The van der Waals surface area contributed by atoms with Gasteiger partial charge >= 0.3 is 0 Å². The van der Waals surface area contributed by atoms with Crippen molar-refractivity contribution in [1.29, 1.82) is 0 Å². The van der Waals surface area contributed by atoms with Gasteiger partial charge in [0.15, 0.2) is 0 Å². The highest BCUT2D eigenvalue weighted by Gasteiger charge is 2.04. The molecule has 0 unspecified atom stereocenters. The molecule has 3 aromatic rings. The third kappa shape index (κ3) is 4.00. The summed E-state index contributed by atoms with van der Waals surface area (Å²) in [5.41, 5.74) is 4.37. The minimum absolute atomic E-state index is 0.0803. The molecule has 1 aromatic heterocycles. The maximum atomic E-state index is 9.08. The van der Waals surface area contributed by atoms with E-state index >= 15 is 0 Å². The largest absolute Gasteiger partial charge is 0.392 e. The first-order valence-electron chi connectivity index (χ1n) is 8.03. The number of aromatic nitrogens is 3. The van der Waals surface area contributed by atoms with E-state index in [0.717, 1.165) is 29.4 Å². The van der Waals surface area contributed by atoms with Crippen molar-refractivity contribution in [2.24, 2.45) is 0 Å². The predicted octanol–water partition coefficient (Wildman–Crippen LogP) is 3.05. The van der Waals surface area contributed by atoms with Crippen LogP contribution in [0.1, 0.15) is 28.3 Å². The van der Waals surface area contributed by atoms with Gasteiger partial charge in [0.25, 0.3) is 0 Å². The van der Waals surface area contributed by atoms with Crippen LogP contribution < -0.4 is 5.32 Å². The molecule has 0 fully saturated rings. The lowest BCUT2D eigenvalue weighted by molar-refractivity contribution is 0.282. The zero-order chi connectivity index (χ0) is 16.9. The number of nitrogens with zero attached hydrogens (tertiary/aromatic N) is 3. The van der Waals surface area contributed by atoms with Crippen LogP contribution in [0.2, 0.25) is 0 Å². The molecule has 0 amide bonds. The van der Waals surface area contributed by atoms with Gasteiger partial charge in [0.1, 0.15) is 11.6 Å². The van der Waals surface area contributed by atoms with Crippen molar-refractivity contribution < 1.29 is 5.11 Å². The Morgan fingerprint density at radius 3 is 2.42 bits per heavy atom. The summed E-state index contributed by atoms with van der Waals surface area (Å²) in [6, 6.07) is 16.3. The first-order valence-corrected chi connectivity index (χ1v) is 8.03. The molecule has 0 atom stereocenters. The SMILES string of the molecule is Cc1nc(C)n(Cc2cccc(NCc3ccc(CO)cc3)c2)n1. The Kier molecular flexibility index (Phi) is 4.91. The Bertz CT molecular complexity index is 808. The van der Waals surface area contributed by atoms with E-state index in [1.54, 1.807) is 0 Å². The molecule has 2 aromatic carbocycles. The maximum absolute atomic E-state index is 9.08. The van der Waals surface area contributed by atoms with Gasteiger partial charge in [0, 0.05) is 12.2 Å². The summed E-state index contributed by atoms with van der Waals surface area (Å²) >= 11 is 0. The van der Waals surface area contributed by atoms with Gasteiger partial charge in [-0.05, 0) is 42.7 Å². The predicted molar refractivity (Wildman–Crippen MR) is 94.7 cm³/mol. The lowest BCUT2D eigenvalue weighted by Gasteiger charge is -2.10. The summed E-state index contributed by atoms with van der Waals surface area (Å²) in [5, 5.41) is 16.9. The Morgan fingerprint density at radius 1 is 1.00 bits per heavy atom. The second-order valence-corrected chi connectivity index (χ2v) is 5.89. The quantitative estimate of drug-likeness (QED) is 0.732. The van der Waals surface area contributed by atoms with Gasteiger partial charge in [-0.15, -0.1) is 0 Å². The molecule has 5 heteroatoms. The summed E-state index contributed by atoms with van der Waals surface area (Å²) in [6.07, 6.45) is 0. The van der Waals surface area contributed by atoms with Crippen LogP contribution in [0.15, 0.2) is 48.5 Å². The molecule has 1 heterocycles. The van der Waals surface area contributed by atoms with Crippen LogP contribution in [0.4, 0.5) is 5.69 Å². The number of aliphatic hydroxyl groups is 1. The molecular weight excluding hydrogens is 300 g/mol. The van der Waals surface area contributed by atoms with Gasteiger partial charge in [-0.3, -0.25) is 0 Å². The zero-order valence-electron chi connectivity index (χ0n) is 14.0. The average molecular weight is 322 g/mol. The van der Waals surface area contributed by atoms with E-state index < -0.39 is 0 Å². The van der Waals surface area contributed by atoms with E-state index in [9.17, 15) is 0 Å². The van der Waals surface area contributed by atoms with Crippen molar-refractivity contribution in [2.45, 2.75) is 33.5 Å². The van der Waals surface area contributed by atoms with Crippen LogP contribution in [0, 0.1) is 13.8 Å². The van der Waals surface area contributed by atoms with Crippen molar-refractivity contribution in [2.75, 3.05) is 5.32 Å². The Hall–Kier alpha value is -2.66. The van der Waals surface area contributed by atoms with E-state index in [0.29, 0.717) is 6.54 Å². The van der Waals surface area contributed by atoms with E-state index in [1.807, 2.05) is 48.9 Å². The maximum Gasteiger partial charge on any atom is 0.147 e. The standard InChI is InChI=1S/C19H22N4O/c1-14-21-15(2)23(22-14)12-18-4-3-5-19(10-18)20-11-16-6-8-17(13-24)9-7-16/h3-10,20,24H,11-13H2,1-2H3. The first kappa shape index (κ1) is 16.2. The highest BCUT2D eigenvalue weighted by molar-refractivity contribution is 5.46. The Morgan fingerprint density at radius 2 is 1.75 bits per heavy atom.